The van der Waals surface area contributed by atoms with E-state index in [1.165, 1.54) is 11.3 Å². The van der Waals surface area contributed by atoms with Gasteiger partial charge in [0.1, 0.15) is 16.5 Å². The van der Waals surface area contributed by atoms with Crippen molar-refractivity contribution in [2.24, 2.45) is 0 Å². The number of anilines is 1. The number of hydrogen-bond donors (Lipinski definition) is 3. The van der Waals surface area contributed by atoms with Gasteiger partial charge in [-0.3, -0.25) is 15.2 Å². The minimum absolute atomic E-state index is 0.161. The van der Waals surface area contributed by atoms with Crippen LogP contribution in [0.15, 0.2) is 18.2 Å². The molecule has 0 saturated carbocycles. The molecule has 3 N–H and O–H groups in total. The Labute approximate surface area is 136 Å². The van der Waals surface area contributed by atoms with E-state index in [0.717, 1.165) is 16.1 Å². The van der Waals surface area contributed by atoms with Gasteiger partial charge < -0.3 is 5.11 Å². The van der Waals surface area contributed by atoms with Gasteiger partial charge in [-0.25, -0.2) is 0 Å². The molecule has 2 heterocycles. The number of aromatic amines is 1. The van der Waals surface area contributed by atoms with E-state index < -0.39 is 0 Å². The Morgan fingerprint density at radius 3 is 2.70 bits per heavy atom. The minimum atomic E-state index is -0.358. The Morgan fingerprint density at radius 1 is 1.22 bits per heavy atom. The zero-order valence-corrected chi connectivity index (χ0v) is 13.7. The van der Waals surface area contributed by atoms with Gasteiger partial charge in [0.2, 0.25) is 5.13 Å². The molecule has 1 aromatic carbocycles. The highest BCUT2D eigenvalue weighted by Gasteiger charge is 2.16. The lowest BCUT2D eigenvalue weighted by atomic mass is 10.0. The Balaban J connectivity index is 1.87. The van der Waals surface area contributed by atoms with Gasteiger partial charge in [0.05, 0.1) is 5.69 Å². The van der Waals surface area contributed by atoms with Gasteiger partial charge in [-0.05, 0) is 44.0 Å². The number of hydrogen-bond acceptors (Lipinski definition) is 6. The Kier molecular flexibility index (Phi) is 3.83. The van der Waals surface area contributed by atoms with Gasteiger partial charge in [0.25, 0.3) is 5.91 Å². The monoisotopic (exact) mass is 329 g/mol. The van der Waals surface area contributed by atoms with Crippen LogP contribution < -0.4 is 5.32 Å². The van der Waals surface area contributed by atoms with Gasteiger partial charge in [-0.2, -0.15) is 5.10 Å². The highest BCUT2D eigenvalue weighted by atomic mass is 32.1. The zero-order valence-electron chi connectivity index (χ0n) is 12.8. The fraction of sp³-hybridized carbons (Fsp3) is 0.200. The molecule has 3 rings (SSSR count). The summed E-state index contributed by atoms with van der Waals surface area (Å²) in [7, 11) is 0. The number of aromatic hydroxyl groups is 1. The van der Waals surface area contributed by atoms with E-state index in [1.54, 1.807) is 6.07 Å². The van der Waals surface area contributed by atoms with Crippen molar-refractivity contribution < 1.29 is 9.90 Å². The lowest BCUT2D eigenvalue weighted by Crippen LogP contribution is -2.12. The van der Waals surface area contributed by atoms with E-state index in [2.05, 4.69) is 25.7 Å². The van der Waals surface area contributed by atoms with Crippen LogP contribution in [0.5, 0.6) is 5.75 Å². The Bertz CT molecular complexity index is 884. The third kappa shape index (κ3) is 3.07. The molecule has 0 saturated heterocycles. The second-order valence-electron chi connectivity index (χ2n) is 5.23. The van der Waals surface area contributed by atoms with Gasteiger partial charge in [-0.15, -0.1) is 10.2 Å². The van der Waals surface area contributed by atoms with E-state index in [1.807, 2.05) is 32.9 Å². The maximum Gasteiger partial charge on any atom is 0.275 e. The molecule has 0 aliphatic carbocycles. The Morgan fingerprint density at radius 2 is 2.00 bits per heavy atom. The van der Waals surface area contributed by atoms with Gasteiger partial charge in [0.15, 0.2) is 0 Å². The number of nitrogens with zero attached hydrogens (tertiary/aromatic N) is 3. The van der Waals surface area contributed by atoms with Gasteiger partial charge >= 0.3 is 0 Å². The van der Waals surface area contributed by atoms with E-state index in [0.29, 0.717) is 16.4 Å². The molecular formula is C15H15N5O2S. The molecule has 7 nitrogen and oxygen atoms in total. The van der Waals surface area contributed by atoms with Crippen LogP contribution in [0.3, 0.4) is 0 Å². The van der Waals surface area contributed by atoms with Crippen LogP contribution in [0.1, 0.15) is 26.6 Å². The number of nitrogens with one attached hydrogen (secondary N) is 2. The number of aryl methyl sites for hydroxylation is 3. The maximum absolute atomic E-state index is 12.2. The number of aromatic nitrogens is 4. The second kappa shape index (κ2) is 5.81. The smallest absolute Gasteiger partial charge is 0.275 e. The number of phenolic OH excluding ortho intramolecular Hbond substituents is 1. The maximum atomic E-state index is 12.2. The van der Waals surface area contributed by atoms with Crippen molar-refractivity contribution in [1.82, 2.24) is 20.4 Å². The molecule has 0 fully saturated rings. The summed E-state index contributed by atoms with van der Waals surface area (Å²) in [6.45, 7) is 5.57. The molecule has 0 aliphatic rings. The topological polar surface area (TPSA) is 104 Å². The third-order valence-electron chi connectivity index (χ3n) is 3.29. The minimum Gasteiger partial charge on any atom is -0.507 e. The van der Waals surface area contributed by atoms with Crippen LogP contribution in [0.25, 0.3) is 11.3 Å². The average Bonchev–Trinajstić information content (AvgIpc) is 3.12. The van der Waals surface area contributed by atoms with Crippen LogP contribution >= 0.6 is 11.3 Å². The van der Waals surface area contributed by atoms with Crippen molar-refractivity contribution in [3.63, 3.8) is 0 Å². The molecule has 0 spiro atoms. The van der Waals surface area contributed by atoms with Crippen molar-refractivity contribution in [3.05, 3.63) is 40.0 Å². The summed E-state index contributed by atoms with van der Waals surface area (Å²) < 4.78 is 0. The van der Waals surface area contributed by atoms with Crippen molar-refractivity contribution in [1.29, 1.82) is 0 Å². The highest BCUT2D eigenvalue weighted by Crippen LogP contribution is 2.32. The van der Waals surface area contributed by atoms with Crippen molar-refractivity contribution in [2.75, 3.05) is 5.32 Å². The molecular weight excluding hydrogens is 314 g/mol. The van der Waals surface area contributed by atoms with E-state index in [4.69, 9.17) is 0 Å². The zero-order chi connectivity index (χ0) is 16.6. The molecule has 3 aromatic rings. The molecule has 2 aromatic heterocycles. The third-order valence-corrected chi connectivity index (χ3v) is 4.04. The summed E-state index contributed by atoms with van der Waals surface area (Å²) in [6.07, 6.45) is 0. The lowest BCUT2D eigenvalue weighted by molar-refractivity contribution is 0.102. The molecule has 0 atom stereocenters. The largest absolute Gasteiger partial charge is 0.507 e. The summed E-state index contributed by atoms with van der Waals surface area (Å²) in [5.41, 5.74) is 3.15. The van der Waals surface area contributed by atoms with Crippen LogP contribution in [0.4, 0.5) is 5.13 Å². The second-order valence-corrected chi connectivity index (χ2v) is 6.41. The summed E-state index contributed by atoms with van der Waals surface area (Å²) in [5, 5.41) is 28.5. The highest BCUT2D eigenvalue weighted by molar-refractivity contribution is 7.15. The first kappa shape index (κ1) is 15.2. The summed E-state index contributed by atoms with van der Waals surface area (Å²) in [6, 6.07) is 5.31. The fourth-order valence-electron chi connectivity index (χ4n) is 2.24. The lowest BCUT2D eigenvalue weighted by Gasteiger charge is -2.06. The first-order valence-corrected chi connectivity index (χ1v) is 7.73. The first-order chi connectivity index (χ1) is 10.9. The Hall–Kier alpha value is -2.74. The number of rotatable bonds is 3. The predicted molar refractivity (Wildman–Crippen MR) is 87.8 cm³/mol. The van der Waals surface area contributed by atoms with Crippen molar-refractivity contribution >= 4 is 22.4 Å². The SMILES string of the molecule is Cc1cc(C)c(O)c(-c2cc(C(=O)Nc3nnc(C)s3)[nH]n2)c1. The molecule has 118 valence electrons. The summed E-state index contributed by atoms with van der Waals surface area (Å²) >= 11 is 1.29. The van der Waals surface area contributed by atoms with Crippen molar-refractivity contribution in [2.45, 2.75) is 20.8 Å². The molecule has 8 heteroatoms. The van der Waals surface area contributed by atoms with Crippen molar-refractivity contribution in [3.8, 4) is 17.0 Å². The molecule has 0 radical (unpaired) electrons. The first-order valence-electron chi connectivity index (χ1n) is 6.91. The van der Waals surface area contributed by atoms with E-state index >= 15 is 0 Å². The fourth-order valence-corrected chi connectivity index (χ4v) is 2.83. The van der Waals surface area contributed by atoms with Crippen LogP contribution in [-0.4, -0.2) is 31.4 Å². The summed E-state index contributed by atoms with van der Waals surface area (Å²) in [5.74, 6) is -0.197. The summed E-state index contributed by atoms with van der Waals surface area (Å²) in [4.78, 5) is 12.2. The average molecular weight is 329 g/mol. The quantitative estimate of drug-likeness (QED) is 0.685. The number of phenols is 1. The normalized spacial score (nSPS) is 10.7. The van der Waals surface area contributed by atoms with E-state index in [9.17, 15) is 9.90 Å². The molecule has 23 heavy (non-hydrogen) atoms. The van der Waals surface area contributed by atoms with Crippen LogP contribution in [0.2, 0.25) is 0 Å². The van der Waals surface area contributed by atoms with Crippen LogP contribution in [0, 0.1) is 20.8 Å². The number of benzene rings is 1. The molecule has 0 unspecified atom stereocenters. The number of carbonyl (C=O) groups is 1. The molecule has 1 amide bonds. The van der Waals surface area contributed by atoms with Crippen LogP contribution in [-0.2, 0) is 0 Å². The van der Waals surface area contributed by atoms with Gasteiger partial charge in [0, 0.05) is 5.56 Å². The number of carbonyl (C=O) groups excluding carboxylic acids is 1. The molecule has 0 bridgehead atoms. The number of amides is 1. The predicted octanol–water partition coefficient (Wildman–Crippen LogP) is 2.81. The van der Waals surface area contributed by atoms with Gasteiger partial charge in [-0.1, -0.05) is 17.4 Å². The molecule has 0 aliphatic heterocycles. The number of H-pyrrole nitrogens is 1. The van der Waals surface area contributed by atoms with E-state index in [-0.39, 0.29) is 17.4 Å². The standard InChI is InChI=1S/C15H15N5O2S/c1-7-4-8(2)13(21)10(5-7)11-6-12(19-18-11)14(22)16-15-20-17-9(3)23-15/h4-6,21H,1-3H3,(H,18,19)(H,16,20,22).